The first-order chi connectivity index (χ1) is 18.8. The summed E-state index contributed by atoms with van der Waals surface area (Å²) in [6, 6.07) is 0. The van der Waals surface area contributed by atoms with E-state index < -0.39 is 0 Å². The molecule has 0 aromatic heterocycles. The van der Waals surface area contributed by atoms with Crippen LogP contribution in [0, 0.1) is 0 Å². The molecular weight excluding hydrogens is 500 g/mol. The molecule has 38 heavy (non-hydrogen) atoms. The van der Waals surface area contributed by atoms with Crippen molar-refractivity contribution >= 4 is 0 Å². The van der Waals surface area contributed by atoms with Crippen molar-refractivity contribution in [2.45, 2.75) is 64.4 Å². The van der Waals surface area contributed by atoms with Gasteiger partial charge in [0.25, 0.3) is 0 Å². The molecule has 0 fully saturated rings. The van der Waals surface area contributed by atoms with Crippen molar-refractivity contribution in [2.24, 2.45) is 0 Å². The zero-order valence-corrected chi connectivity index (χ0v) is 23.8. The van der Waals surface area contributed by atoms with Crippen LogP contribution in [0.5, 0.6) is 0 Å². The summed E-state index contributed by atoms with van der Waals surface area (Å²) in [5.74, 6) is 0. The maximum absolute atomic E-state index is 8.56. The lowest BCUT2D eigenvalue weighted by molar-refractivity contribution is -0.275. The quantitative estimate of drug-likeness (QED) is 0.0690. The molecule has 0 radical (unpaired) electrons. The molecule has 11 heteroatoms. The van der Waals surface area contributed by atoms with E-state index in [4.69, 9.17) is 48.3 Å². The Hall–Kier alpha value is -0.440. The summed E-state index contributed by atoms with van der Waals surface area (Å²) in [5.41, 5.74) is 0. The van der Waals surface area contributed by atoms with Gasteiger partial charge in [0.05, 0.1) is 112 Å². The molecule has 1 unspecified atom stereocenters. The molecule has 0 aromatic rings. The molecule has 0 aromatic carbocycles. The monoisotopic (exact) mass is 556 g/mol. The molecule has 0 amide bonds. The first kappa shape index (κ1) is 37.6. The van der Waals surface area contributed by atoms with Gasteiger partial charge in [0, 0.05) is 6.61 Å². The van der Waals surface area contributed by atoms with Gasteiger partial charge in [0.15, 0.2) is 0 Å². The van der Waals surface area contributed by atoms with Gasteiger partial charge in [-0.15, -0.1) is 0 Å². The first-order valence-corrected chi connectivity index (χ1v) is 14.3. The van der Waals surface area contributed by atoms with E-state index in [1.54, 1.807) is 0 Å². The minimum Gasteiger partial charge on any atom is -0.394 e. The minimum absolute atomic E-state index is 0.0302. The number of hydrogen-bond acceptors (Lipinski definition) is 11. The molecule has 1 atom stereocenters. The SMILES string of the molecule is CC(CCCCCCCCCOCCOCCOCCOCCOCCOCCOCCOCCO)OO. The van der Waals surface area contributed by atoms with Crippen LogP contribution >= 0.6 is 0 Å². The van der Waals surface area contributed by atoms with Crippen molar-refractivity contribution in [3.63, 3.8) is 0 Å². The van der Waals surface area contributed by atoms with Gasteiger partial charge < -0.3 is 43.0 Å². The van der Waals surface area contributed by atoms with Crippen molar-refractivity contribution in [3.05, 3.63) is 0 Å². The molecule has 0 aliphatic heterocycles. The van der Waals surface area contributed by atoms with Crippen molar-refractivity contribution < 1.29 is 53.1 Å². The molecular formula is C27H56O11. The van der Waals surface area contributed by atoms with Crippen LogP contribution in [0.15, 0.2) is 0 Å². The van der Waals surface area contributed by atoms with Gasteiger partial charge in [-0.3, -0.25) is 5.26 Å². The van der Waals surface area contributed by atoms with Gasteiger partial charge in [-0.1, -0.05) is 38.5 Å². The van der Waals surface area contributed by atoms with Gasteiger partial charge in [0.1, 0.15) is 0 Å². The second-order valence-corrected chi connectivity index (χ2v) is 8.80. The van der Waals surface area contributed by atoms with Gasteiger partial charge in [-0.05, 0) is 19.8 Å². The Morgan fingerprint density at radius 3 is 1.03 bits per heavy atom. The van der Waals surface area contributed by atoms with E-state index in [0.29, 0.717) is 99.1 Å². The molecule has 0 aliphatic rings. The third-order valence-corrected chi connectivity index (χ3v) is 5.42. The summed E-state index contributed by atoms with van der Waals surface area (Å²) >= 11 is 0. The highest BCUT2D eigenvalue weighted by Crippen LogP contribution is 2.10. The average molecular weight is 557 g/mol. The van der Waals surface area contributed by atoms with E-state index in [1.807, 2.05) is 6.92 Å². The third-order valence-electron chi connectivity index (χ3n) is 5.42. The van der Waals surface area contributed by atoms with E-state index in [0.717, 1.165) is 25.9 Å². The topological polar surface area (TPSA) is 124 Å². The fourth-order valence-corrected chi connectivity index (χ4v) is 3.28. The van der Waals surface area contributed by atoms with Crippen LogP contribution in [-0.2, 0) is 42.8 Å². The Balaban J connectivity index is 3.03. The van der Waals surface area contributed by atoms with E-state index >= 15 is 0 Å². The number of hydrogen-bond donors (Lipinski definition) is 2. The van der Waals surface area contributed by atoms with Crippen LogP contribution in [0.1, 0.15) is 58.3 Å². The lowest BCUT2D eigenvalue weighted by atomic mass is 10.1. The lowest BCUT2D eigenvalue weighted by Gasteiger charge is -2.08. The summed E-state index contributed by atoms with van der Waals surface area (Å²) in [4.78, 5) is 4.27. The third kappa shape index (κ3) is 33.6. The number of unbranched alkanes of at least 4 members (excludes halogenated alkanes) is 6. The maximum atomic E-state index is 8.56. The zero-order chi connectivity index (χ0) is 27.6. The Labute approximate surface area is 230 Å². The Kier molecular flexibility index (Phi) is 34.2. The summed E-state index contributed by atoms with van der Waals surface area (Å²) < 4.78 is 43.3. The second kappa shape index (κ2) is 34.6. The van der Waals surface area contributed by atoms with Crippen LogP contribution in [0.4, 0.5) is 0 Å². The normalized spacial score (nSPS) is 12.4. The Bertz CT molecular complexity index is 418. The molecule has 230 valence electrons. The van der Waals surface area contributed by atoms with Gasteiger partial charge in [0.2, 0.25) is 0 Å². The van der Waals surface area contributed by atoms with Crippen molar-refractivity contribution in [1.82, 2.24) is 0 Å². The molecule has 0 saturated heterocycles. The predicted octanol–water partition coefficient (Wildman–Crippen LogP) is 3.11. The maximum Gasteiger partial charge on any atom is 0.0899 e. The highest BCUT2D eigenvalue weighted by molar-refractivity contribution is 4.51. The molecule has 11 nitrogen and oxygen atoms in total. The number of ether oxygens (including phenoxy) is 8. The largest absolute Gasteiger partial charge is 0.394 e. The zero-order valence-electron chi connectivity index (χ0n) is 23.8. The van der Waals surface area contributed by atoms with Crippen LogP contribution in [0.2, 0.25) is 0 Å². The molecule has 2 N–H and O–H groups in total. The summed E-state index contributed by atoms with van der Waals surface area (Å²) in [7, 11) is 0. The standard InChI is InChI=1S/C27H56O11/c1-27(38-29)9-7-5-3-2-4-6-8-11-30-13-15-32-17-19-34-21-23-36-25-26-37-24-22-35-20-18-33-16-14-31-12-10-28/h27-29H,2-26H2,1H3. The van der Waals surface area contributed by atoms with Crippen molar-refractivity contribution in [1.29, 1.82) is 0 Å². The smallest absolute Gasteiger partial charge is 0.0899 e. The first-order valence-electron chi connectivity index (χ1n) is 14.3. The highest BCUT2D eigenvalue weighted by atomic mass is 17.1. The summed E-state index contributed by atoms with van der Waals surface area (Å²) in [5, 5.41) is 17.1. The molecule has 0 bridgehead atoms. The Morgan fingerprint density at radius 1 is 0.395 bits per heavy atom. The summed E-state index contributed by atoms with van der Waals surface area (Å²) in [6.45, 7) is 10.5. The summed E-state index contributed by atoms with van der Waals surface area (Å²) in [6.07, 6.45) is 9.23. The van der Waals surface area contributed by atoms with Crippen LogP contribution in [0.25, 0.3) is 0 Å². The fourth-order valence-electron chi connectivity index (χ4n) is 3.28. The van der Waals surface area contributed by atoms with E-state index in [2.05, 4.69) is 4.89 Å². The molecule has 0 aliphatic carbocycles. The van der Waals surface area contributed by atoms with Crippen molar-refractivity contribution in [2.75, 3.05) is 112 Å². The van der Waals surface area contributed by atoms with Crippen LogP contribution in [0.3, 0.4) is 0 Å². The fraction of sp³-hybridized carbons (Fsp3) is 1.00. The number of rotatable bonds is 34. The van der Waals surface area contributed by atoms with Crippen LogP contribution in [-0.4, -0.2) is 129 Å². The van der Waals surface area contributed by atoms with E-state index in [1.165, 1.54) is 32.1 Å². The van der Waals surface area contributed by atoms with E-state index in [9.17, 15) is 0 Å². The lowest BCUT2D eigenvalue weighted by Crippen LogP contribution is -2.15. The average Bonchev–Trinajstić information content (AvgIpc) is 2.93. The van der Waals surface area contributed by atoms with Crippen molar-refractivity contribution in [3.8, 4) is 0 Å². The van der Waals surface area contributed by atoms with Crippen LogP contribution < -0.4 is 0 Å². The van der Waals surface area contributed by atoms with Gasteiger partial charge in [-0.25, -0.2) is 4.89 Å². The number of aliphatic hydroxyl groups is 1. The van der Waals surface area contributed by atoms with Gasteiger partial charge >= 0.3 is 0 Å². The molecule has 0 rings (SSSR count). The molecule has 0 saturated carbocycles. The van der Waals surface area contributed by atoms with Gasteiger partial charge in [-0.2, -0.15) is 0 Å². The number of aliphatic hydroxyl groups excluding tert-OH is 1. The predicted molar refractivity (Wildman–Crippen MR) is 144 cm³/mol. The van der Waals surface area contributed by atoms with E-state index in [-0.39, 0.29) is 12.7 Å². The molecule has 0 heterocycles. The molecule has 0 spiro atoms. The Morgan fingerprint density at radius 2 is 0.684 bits per heavy atom. The minimum atomic E-state index is -0.0497. The second-order valence-electron chi connectivity index (χ2n) is 8.80. The highest BCUT2D eigenvalue weighted by Gasteiger charge is 2.00.